The highest BCUT2D eigenvalue weighted by Crippen LogP contribution is 2.66. The molecular weight excluding hydrogens is 843 g/mol. The molecule has 1 spiro atoms. The van der Waals surface area contributed by atoms with E-state index in [9.17, 15) is 0 Å². The van der Waals surface area contributed by atoms with E-state index in [0.717, 1.165) is 11.4 Å². The van der Waals surface area contributed by atoms with E-state index in [1.807, 2.05) is 0 Å². The van der Waals surface area contributed by atoms with Crippen LogP contribution in [-0.4, -0.2) is 0 Å². The molecule has 5 aliphatic carbocycles. The lowest BCUT2D eigenvalue weighted by molar-refractivity contribution is 0.469. The number of rotatable bonds is 5. The van der Waals surface area contributed by atoms with E-state index in [1.165, 1.54) is 106 Å². The number of hydrogen-bond donors (Lipinski definition) is 0. The zero-order valence-corrected chi connectivity index (χ0v) is 40.1. The lowest BCUT2D eigenvalue weighted by Gasteiger charge is -2.52. The minimum Gasteiger partial charge on any atom is -0.313 e. The molecule has 0 heterocycles. The van der Waals surface area contributed by atoms with Gasteiger partial charge in [0.2, 0.25) is 0 Å². The largest absolute Gasteiger partial charge is 0.313 e. The van der Waals surface area contributed by atoms with Gasteiger partial charge in [-0.2, -0.15) is 0 Å². The summed E-state index contributed by atoms with van der Waals surface area (Å²) in [5.41, 5.74) is 26.1. The highest BCUT2D eigenvalue weighted by atomic mass is 15.2. The van der Waals surface area contributed by atoms with Crippen LogP contribution in [0.5, 0.6) is 0 Å². The van der Waals surface area contributed by atoms with Gasteiger partial charge in [-0.25, -0.2) is 0 Å². The summed E-state index contributed by atoms with van der Waals surface area (Å²) in [4.78, 5) is 2.66. The van der Waals surface area contributed by atoms with Crippen LogP contribution in [0.1, 0.15) is 61.1 Å². The van der Waals surface area contributed by atoms with Gasteiger partial charge in [-0.15, -0.1) is 0 Å². The monoisotopic (exact) mass is 895 g/mol. The molecule has 0 N–H and O–H groups in total. The van der Waals surface area contributed by atoms with Crippen LogP contribution >= 0.6 is 0 Å². The maximum Gasteiger partial charge on any atom is 0.0726 e. The fourth-order valence-corrected chi connectivity index (χ4v) is 14.3. The second kappa shape index (κ2) is 15.0. The van der Waals surface area contributed by atoms with Gasteiger partial charge in [-0.05, 0) is 145 Å². The van der Waals surface area contributed by atoms with Gasteiger partial charge < -0.3 is 4.90 Å². The van der Waals surface area contributed by atoms with Gasteiger partial charge >= 0.3 is 0 Å². The fraction of sp³-hybridized carbons (Fsp3) is 0.130. The van der Waals surface area contributed by atoms with Gasteiger partial charge in [0.1, 0.15) is 0 Å². The third-order valence-corrected chi connectivity index (χ3v) is 17.1. The molecule has 70 heavy (non-hydrogen) atoms. The predicted molar refractivity (Wildman–Crippen MR) is 291 cm³/mol. The molecule has 0 radical (unpaired) electrons. The van der Waals surface area contributed by atoms with Crippen molar-refractivity contribution >= 4 is 11.4 Å². The number of nitrogens with zero attached hydrogens (tertiary/aromatic N) is 1. The van der Waals surface area contributed by atoms with Gasteiger partial charge in [0.15, 0.2) is 0 Å². The van der Waals surface area contributed by atoms with Gasteiger partial charge in [-0.3, -0.25) is 0 Å². The Balaban J connectivity index is 1.08. The minimum absolute atomic E-state index is 0.174. The van der Waals surface area contributed by atoms with Crippen molar-refractivity contribution in [2.24, 2.45) is 11.8 Å². The maximum atomic E-state index is 2.66. The number of benzene rings is 9. The van der Waals surface area contributed by atoms with Crippen molar-refractivity contribution in [3.63, 3.8) is 0 Å². The van der Waals surface area contributed by atoms with E-state index < -0.39 is 16.2 Å². The summed E-state index contributed by atoms with van der Waals surface area (Å²) in [6, 6.07) is 82.6. The lowest BCUT2D eigenvalue weighted by atomic mass is 9.54. The van der Waals surface area contributed by atoms with Crippen molar-refractivity contribution < 1.29 is 0 Å². The van der Waals surface area contributed by atoms with E-state index in [4.69, 9.17) is 0 Å². The van der Waals surface area contributed by atoms with Crippen LogP contribution in [0.25, 0.3) is 55.6 Å². The summed E-state index contributed by atoms with van der Waals surface area (Å²) >= 11 is 0. The van der Waals surface area contributed by atoms with Crippen molar-refractivity contribution in [2.75, 3.05) is 4.90 Å². The Labute approximate surface area is 412 Å². The molecular formula is C69H53N. The molecule has 9 aromatic carbocycles. The molecule has 9 aromatic rings. The van der Waals surface area contributed by atoms with Crippen LogP contribution < -0.4 is 4.90 Å². The summed E-state index contributed by atoms with van der Waals surface area (Å²) in [5, 5.41) is 0. The molecule has 334 valence electrons. The molecule has 0 fully saturated rings. The molecule has 4 unspecified atom stereocenters. The van der Waals surface area contributed by atoms with Crippen LogP contribution in [0, 0.1) is 11.8 Å². The van der Waals surface area contributed by atoms with Crippen LogP contribution in [0.2, 0.25) is 0 Å². The Morgan fingerprint density at radius 2 is 0.871 bits per heavy atom. The molecule has 0 saturated heterocycles. The Kier molecular flexibility index (Phi) is 8.79. The van der Waals surface area contributed by atoms with Crippen LogP contribution in [0.15, 0.2) is 253 Å². The van der Waals surface area contributed by atoms with Crippen molar-refractivity contribution in [3.8, 4) is 55.6 Å². The highest BCUT2D eigenvalue weighted by molar-refractivity contribution is 5.97. The molecule has 14 rings (SSSR count). The molecule has 0 saturated carbocycles. The molecule has 5 aliphatic rings. The third-order valence-electron chi connectivity index (χ3n) is 17.1. The average molecular weight is 896 g/mol. The molecule has 0 bridgehead atoms. The quantitative estimate of drug-likeness (QED) is 0.156. The molecule has 0 aromatic heterocycles. The number of allylic oxidation sites excluding steroid dienone is 5. The second-order valence-electron chi connectivity index (χ2n) is 20.7. The number of fused-ring (bicyclic) bond motifs is 15. The fourth-order valence-electron chi connectivity index (χ4n) is 14.3. The Bertz CT molecular complexity index is 3660. The average Bonchev–Trinajstić information content (AvgIpc) is 3.86. The standard InChI is InChI=1S/C69H53N/c1-44-40-41-67(3)57-29-15-14-27-56(57)65-51(48-22-9-6-10-23-48)28-19-33-61(65)68(4)63(42-45(2)64(44)66(67)68)70(49-36-34-47(35-37-49)46-20-7-5-8-21-46)50-38-39-55-54-26-13-18-32-60(54)69(62(55)43-50)58-30-16-11-24-52(58)53-25-12-17-31-59(53)69/h5-45H,1-4H3. The Hall–Kier alpha value is -8.00. The summed E-state index contributed by atoms with van der Waals surface area (Å²) in [7, 11) is 0. The van der Waals surface area contributed by atoms with Gasteiger partial charge in [-0.1, -0.05) is 232 Å². The van der Waals surface area contributed by atoms with Crippen LogP contribution in [-0.2, 0) is 16.2 Å². The summed E-state index contributed by atoms with van der Waals surface area (Å²) in [6.07, 6.45) is 7.70. The normalized spacial score (nSPS) is 21.3. The highest BCUT2D eigenvalue weighted by Gasteiger charge is 2.56. The minimum atomic E-state index is -0.584. The van der Waals surface area contributed by atoms with Crippen molar-refractivity contribution in [1.29, 1.82) is 0 Å². The lowest BCUT2D eigenvalue weighted by Crippen LogP contribution is -2.47. The van der Waals surface area contributed by atoms with Gasteiger partial charge in [0.05, 0.1) is 10.8 Å². The van der Waals surface area contributed by atoms with Crippen molar-refractivity contribution in [3.05, 3.63) is 287 Å². The Morgan fingerprint density at radius 1 is 0.386 bits per heavy atom. The van der Waals surface area contributed by atoms with Gasteiger partial charge in [0.25, 0.3) is 0 Å². The zero-order chi connectivity index (χ0) is 46.9. The number of anilines is 2. The van der Waals surface area contributed by atoms with E-state index in [2.05, 4.69) is 269 Å². The second-order valence-corrected chi connectivity index (χ2v) is 20.7. The third kappa shape index (κ3) is 5.38. The molecule has 0 amide bonds. The van der Waals surface area contributed by atoms with E-state index in [1.54, 1.807) is 0 Å². The van der Waals surface area contributed by atoms with Crippen molar-refractivity contribution in [2.45, 2.75) is 43.9 Å². The molecule has 1 heteroatoms. The van der Waals surface area contributed by atoms with Gasteiger partial charge in [0, 0.05) is 22.5 Å². The zero-order valence-electron chi connectivity index (χ0n) is 40.1. The molecule has 0 aliphatic heterocycles. The summed E-state index contributed by atoms with van der Waals surface area (Å²) < 4.78 is 0. The van der Waals surface area contributed by atoms with E-state index in [0.29, 0.717) is 0 Å². The predicted octanol–water partition coefficient (Wildman–Crippen LogP) is 17.4. The molecule has 4 atom stereocenters. The molecule has 1 nitrogen and oxygen atoms in total. The SMILES string of the molecule is CC1C=CC2(C)C3=C1C(C)C=C(N(c1ccc(-c4ccccc4)cc1)c1ccc4c(c1)C1(c5ccccc5-c5ccccc51)c1ccccc1-4)C3(C)c1cccc(-c3ccccc3)c1-c1ccccc12. The first-order valence-electron chi connectivity index (χ1n) is 25.2. The van der Waals surface area contributed by atoms with E-state index in [-0.39, 0.29) is 11.8 Å². The first-order chi connectivity index (χ1) is 34.3. The maximum absolute atomic E-state index is 2.66. The Morgan fingerprint density at radius 3 is 1.50 bits per heavy atom. The summed E-state index contributed by atoms with van der Waals surface area (Å²) in [6.45, 7) is 9.95. The first-order valence-corrected chi connectivity index (χ1v) is 25.2. The van der Waals surface area contributed by atoms with E-state index >= 15 is 0 Å². The van der Waals surface area contributed by atoms with Crippen LogP contribution in [0.4, 0.5) is 11.4 Å². The van der Waals surface area contributed by atoms with Crippen LogP contribution in [0.3, 0.4) is 0 Å². The topological polar surface area (TPSA) is 3.24 Å². The number of hydrogen-bond acceptors (Lipinski definition) is 1. The summed E-state index contributed by atoms with van der Waals surface area (Å²) in [5.74, 6) is 0.453. The first kappa shape index (κ1) is 41.0. The van der Waals surface area contributed by atoms with Crippen molar-refractivity contribution in [1.82, 2.24) is 0 Å². The smallest absolute Gasteiger partial charge is 0.0726 e.